The normalized spacial score (nSPS) is 35.6. The first kappa shape index (κ1) is 14.4. The van der Waals surface area contributed by atoms with E-state index in [9.17, 15) is 4.79 Å². The summed E-state index contributed by atoms with van der Waals surface area (Å²) in [4.78, 5) is 14.9. The molecule has 0 bridgehead atoms. The number of hydrogen-bond acceptors (Lipinski definition) is 2. The highest BCUT2D eigenvalue weighted by atomic mass is 16.2. The summed E-state index contributed by atoms with van der Waals surface area (Å²) in [5, 5.41) is 3.34. The molecule has 2 aliphatic carbocycles. The van der Waals surface area contributed by atoms with Gasteiger partial charge in [0.05, 0.1) is 0 Å². The fraction of sp³-hybridized carbons (Fsp3) is 0.941. The first-order chi connectivity index (χ1) is 9.78. The van der Waals surface area contributed by atoms with Gasteiger partial charge in [-0.3, -0.25) is 4.79 Å². The lowest BCUT2D eigenvalue weighted by Crippen LogP contribution is -2.47. The molecule has 3 unspecified atom stereocenters. The molecule has 3 nitrogen and oxygen atoms in total. The molecule has 3 rings (SSSR count). The van der Waals surface area contributed by atoms with E-state index in [1.807, 2.05) is 7.05 Å². The van der Waals surface area contributed by atoms with Crippen LogP contribution < -0.4 is 5.32 Å². The van der Waals surface area contributed by atoms with E-state index in [2.05, 4.69) is 10.2 Å². The van der Waals surface area contributed by atoms with Gasteiger partial charge < -0.3 is 10.2 Å². The minimum atomic E-state index is 0.348. The van der Waals surface area contributed by atoms with E-state index in [0.29, 0.717) is 17.9 Å². The van der Waals surface area contributed by atoms with E-state index in [1.165, 1.54) is 38.5 Å². The van der Waals surface area contributed by atoms with E-state index in [1.54, 1.807) is 0 Å². The van der Waals surface area contributed by atoms with Crippen molar-refractivity contribution in [2.45, 2.75) is 63.8 Å². The van der Waals surface area contributed by atoms with Crippen LogP contribution in [0.2, 0.25) is 0 Å². The molecular formula is C17H30N2O. The van der Waals surface area contributed by atoms with Crippen molar-refractivity contribution in [2.24, 2.45) is 17.8 Å². The number of nitrogens with one attached hydrogen (secondary N) is 1. The van der Waals surface area contributed by atoms with Gasteiger partial charge in [0, 0.05) is 25.0 Å². The molecule has 0 aromatic heterocycles. The Kier molecular flexibility index (Phi) is 4.65. The molecule has 0 aromatic rings. The monoisotopic (exact) mass is 278 g/mol. The number of nitrogens with zero attached hydrogens (tertiary/aromatic N) is 1. The molecule has 0 aromatic carbocycles. The van der Waals surface area contributed by atoms with Gasteiger partial charge in [-0.05, 0) is 51.0 Å². The summed E-state index contributed by atoms with van der Waals surface area (Å²) in [6.45, 7) is 1.93. The Bertz CT molecular complexity index is 336. The minimum Gasteiger partial charge on any atom is -0.342 e. The van der Waals surface area contributed by atoms with Crippen LogP contribution in [0.4, 0.5) is 0 Å². The molecule has 3 aliphatic rings. The maximum absolute atomic E-state index is 12.7. The van der Waals surface area contributed by atoms with Crippen LogP contribution in [-0.4, -0.2) is 37.0 Å². The highest BCUT2D eigenvalue weighted by molar-refractivity contribution is 5.79. The number of rotatable bonds is 2. The fourth-order valence-electron chi connectivity index (χ4n) is 4.74. The van der Waals surface area contributed by atoms with Crippen LogP contribution in [0, 0.1) is 17.8 Å². The molecule has 1 aliphatic heterocycles. The number of carbonyl (C=O) groups excluding carboxylic acids is 1. The van der Waals surface area contributed by atoms with Crippen LogP contribution in [0.5, 0.6) is 0 Å². The third-order valence-electron chi connectivity index (χ3n) is 6.10. The quantitative estimate of drug-likeness (QED) is 0.842. The van der Waals surface area contributed by atoms with Gasteiger partial charge >= 0.3 is 0 Å². The van der Waals surface area contributed by atoms with Crippen molar-refractivity contribution in [2.75, 3.05) is 20.1 Å². The second kappa shape index (κ2) is 6.46. The molecule has 114 valence electrons. The van der Waals surface area contributed by atoms with E-state index in [-0.39, 0.29) is 0 Å². The summed E-state index contributed by atoms with van der Waals surface area (Å²) in [7, 11) is 2.03. The van der Waals surface area contributed by atoms with E-state index in [0.717, 1.165) is 44.2 Å². The van der Waals surface area contributed by atoms with Crippen molar-refractivity contribution >= 4 is 5.91 Å². The molecule has 1 amide bonds. The van der Waals surface area contributed by atoms with Crippen LogP contribution in [-0.2, 0) is 4.79 Å². The highest BCUT2D eigenvalue weighted by Crippen LogP contribution is 2.43. The van der Waals surface area contributed by atoms with E-state index in [4.69, 9.17) is 0 Å². The van der Waals surface area contributed by atoms with Gasteiger partial charge in [-0.25, -0.2) is 0 Å². The number of fused-ring (bicyclic) bond motifs is 1. The first-order valence-corrected chi connectivity index (χ1v) is 8.74. The second-order valence-corrected chi connectivity index (χ2v) is 7.20. The number of carbonyl (C=O) groups is 1. The maximum Gasteiger partial charge on any atom is 0.225 e. The van der Waals surface area contributed by atoms with Gasteiger partial charge in [0.1, 0.15) is 0 Å². The Hall–Kier alpha value is -0.570. The van der Waals surface area contributed by atoms with Crippen LogP contribution in [0.1, 0.15) is 57.8 Å². The van der Waals surface area contributed by atoms with Crippen LogP contribution in [0.3, 0.4) is 0 Å². The average molecular weight is 278 g/mol. The number of amides is 1. The van der Waals surface area contributed by atoms with Gasteiger partial charge in [-0.15, -0.1) is 0 Å². The summed E-state index contributed by atoms with van der Waals surface area (Å²) < 4.78 is 0. The smallest absolute Gasteiger partial charge is 0.225 e. The standard InChI is InChI=1S/C17H30N2O/c1-18-16-8-10-19(11-9-16)17(20)15-7-6-13-4-2-3-5-14(13)12-15/h13-16,18H,2-12H2,1H3. The zero-order chi connectivity index (χ0) is 13.9. The van der Waals surface area contributed by atoms with Crippen LogP contribution in [0.15, 0.2) is 0 Å². The molecule has 1 heterocycles. The van der Waals surface area contributed by atoms with Gasteiger partial charge in [-0.1, -0.05) is 25.7 Å². The summed E-state index contributed by atoms with van der Waals surface area (Å²) in [5.41, 5.74) is 0. The molecule has 3 atom stereocenters. The van der Waals surface area contributed by atoms with Gasteiger partial charge in [0.15, 0.2) is 0 Å². The van der Waals surface area contributed by atoms with Gasteiger partial charge in [0.2, 0.25) is 5.91 Å². The molecule has 3 fully saturated rings. The van der Waals surface area contributed by atoms with Crippen molar-refractivity contribution < 1.29 is 4.79 Å². The third kappa shape index (κ3) is 3.03. The fourth-order valence-corrected chi connectivity index (χ4v) is 4.74. The Labute approximate surface area is 123 Å². The van der Waals surface area contributed by atoms with Crippen LogP contribution >= 0.6 is 0 Å². The summed E-state index contributed by atoms with van der Waals surface area (Å²) in [6.07, 6.45) is 11.6. The van der Waals surface area contributed by atoms with Gasteiger partial charge in [-0.2, -0.15) is 0 Å². The minimum absolute atomic E-state index is 0.348. The molecule has 1 saturated heterocycles. The number of hydrogen-bond donors (Lipinski definition) is 1. The summed E-state index contributed by atoms with van der Waals surface area (Å²) in [5.74, 6) is 2.63. The van der Waals surface area contributed by atoms with Crippen molar-refractivity contribution in [1.82, 2.24) is 10.2 Å². The van der Waals surface area contributed by atoms with Crippen molar-refractivity contribution in [3.05, 3.63) is 0 Å². The highest BCUT2D eigenvalue weighted by Gasteiger charge is 2.37. The van der Waals surface area contributed by atoms with E-state index >= 15 is 0 Å². The van der Waals surface area contributed by atoms with Crippen LogP contribution in [0.25, 0.3) is 0 Å². The molecule has 0 radical (unpaired) electrons. The third-order valence-corrected chi connectivity index (χ3v) is 6.10. The van der Waals surface area contributed by atoms with E-state index < -0.39 is 0 Å². The first-order valence-electron chi connectivity index (χ1n) is 8.74. The van der Waals surface area contributed by atoms with Crippen molar-refractivity contribution in [3.63, 3.8) is 0 Å². The summed E-state index contributed by atoms with van der Waals surface area (Å²) >= 11 is 0. The largest absolute Gasteiger partial charge is 0.342 e. The molecule has 2 saturated carbocycles. The zero-order valence-corrected chi connectivity index (χ0v) is 12.9. The topological polar surface area (TPSA) is 32.3 Å². The molecule has 1 N–H and O–H groups in total. The Morgan fingerprint density at radius 1 is 0.950 bits per heavy atom. The molecule has 20 heavy (non-hydrogen) atoms. The van der Waals surface area contributed by atoms with Crippen molar-refractivity contribution in [1.29, 1.82) is 0 Å². The number of likely N-dealkylation sites (tertiary alicyclic amines) is 1. The lowest BCUT2D eigenvalue weighted by atomic mass is 9.67. The zero-order valence-electron chi connectivity index (χ0n) is 12.9. The lowest BCUT2D eigenvalue weighted by Gasteiger charge is -2.41. The Morgan fingerprint density at radius 3 is 2.35 bits per heavy atom. The Balaban J connectivity index is 1.52. The molecular weight excluding hydrogens is 248 g/mol. The maximum atomic E-state index is 12.7. The molecule has 0 spiro atoms. The lowest BCUT2D eigenvalue weighted by molar-refractivity contribution is -0.139. The Morgan fingerprint density at radius 2 is 1.65 bits per heavy atom. The number of piperidine rings is 1. The van der Waals surface area contributed by atoms with Crippen molar-refractivity contribution in [3.8, 4) is 0 Å². The molecule has 3 heteroatoms. The summed E-state index contributed by atoms with van der Waals surface area (Å²) in [6, 6.07) is 0.619. The predicted molar refractivity (Wildman–Crippen MR) is 81.5 cm³/mol. The SMILES string of the molecule is CNC1CCN(C(=O)C2CCC3CCCCC3C2)CC1. The second-order valence-electron chi connectivity index (χ2n) is 7.20. The predicted octanol–water partition coefficient (Wildman–Crippen LogP) is 2.80. The van der Waals surface area contributed by atoms with Gasteiger partial charge in [0.25, 0.3) is 0 Å². The average Bonchev–Trinajstić information content (AvgIpc) is 2.54.